The SMILES string of the molecule is C[C@H]1CC[C@H](c2ccc(C#N)cc2)N(C(=O)C(=O)Nc2cncc(C(N)=O)c2)C1. The van der Waals surface area contributed by atoms with Crippen LogP contribution in [0.15, 0.2) is 42.7 Å². The number of nitrogens with one attached hydrogen (secondary N) is 1. The Hall–Kier alpha value is -3.73. The third-order valence-electron chi connectivity index (χ3n) is 4.98. The van der Waals surface area contributed by atoms with Gasteiger partial charge in [-0.15, -0.1) is 0 Å². The molecule has 3 N–H and O–H groups in total. The second-order valence-electron chi connectivity index (χ2n) is 7.17. The summed E-state index contributed by atoms with van der Waals surface area (Å²) < 4.78 is 0. The zero-order valence-electron chi connectivity index (χ0n) is 16.0. The van der Waals surface area contributed by atoms with E-state index in [4.69, 9.17) is 11.0 Å². The van der Waals surface area contributed by atoms with Crippen molar-refractivity contribution in [2.45, 2.75) is 25.8 Å². The van der Waals surface area contributed by atoms with E-state index in [0.29, 0.717) is 12.1 Å². The Kier molecular flexibility index (Phi) is 5.88. The lowest BCUT2D eigenvalue weighted by atomic mass is 9.89. The zero-order valence-corrected chi connectivity index (χ0v) is 16.0. The lowest BCUT2D eigenvalue weighted by molar-refractivity contribution is -0.146. The van der Waals surface area contributed by atoms with E-state index in [0.717, 1.165) is 18.4 Å². The number of pyridine rings is 1. The molecule has 1 fully saturated rings. The molecule has 0 spiro atoms. The Morgan fingerprint density at radius 2 is 1.93 bits per heavy atom. The molecule has 1 saturated heterocycles. The molecule has 0 radical (unpaired) electrons. The summed E-state index contributed by atoms with van der Waals surface area (Å²) in [6, 6.07) is 10.2. The minimum atomic E-state index is -0.804. The molecule has 8 nitrogen and oxygen atoms in total. The highest BCUT2D eigenvalue weighted by Gasteiger charge is 2.34. The number of aromatic nitrogens is 1. The van der Waals surface area contributed by atoms with E-state index in [9.17, 15) is 14.4 Å². The van der Waals surface area contributed by atoms with E-state index < -0.39 is 17.7 Å². The Morgan fingerprint density at radius 1 is 1.21 bits per heavy atom. The molecule has 8 heteroatoms. The molecule has 1 aliphatic rings. The number of benzene rings is 1. The number of nitrogens with two attached hydrogens (primary N) is 1. The molecule has 1 aromatic heterocycles. The van der Waals surface area contributed by atoms with Gasteiger partial charge in [-0.1, -0.05) is 19.1 Å². The molecule has 1 aromatic carbocycles. The van der Waals surface area contributed by atoms with Crippen LogP contribution in [0.3, 0.4) is 0 Å². The van der Waals surface area contributed by atoms with Crippen LogP contribution in [0.25, 0.3) is 0 Å². The summed E-state index contributed by atoms with van der Waals surface area (Å²) in [5.41, 5.74) is 7.00. The number of primary amides is 1. The third-order valence-corrected chi connectivity index (χ3v) is 4.98. The Morgan fingerprint density at radius 3 is 2.59 bits per heavy atom. The lowest BCUT2D eigenvalue weighted by Gasteiger charge is -2.38. The number of amides is 3. The second-order valence-corrected chi connectivity index (χ2v) is 7.17. The fourth-order valence-corrected chi connectivity index (χ4v) is 3.46. The highest BCUT2D eigenvalue weighted by Crippen LogP contribution is 2.33. The van der Waals surface area contributed by atoms with Crippen LogP contribution in [0, 0.1) is 17.2 Å². The molecule has 2 aromatic rings. The third kappa shape index (κ3) is 4.58. The largest absolute Gasteiger partial charge is 0.366 e. The van der Waals surface area contributed by atoms with Crippen molar-refractivity contribution in [2.75, 3.05) is 11.9 Å². The number of likely N-dealkylation sites (tertiary alicyclic amines) is 1. The van der Waals surface area contributed by atoms with Gasteiger partial charge in [-0.05, 0) is 42.5 Å². The number of carbonyl (C=O) groups is 3. The summed E-state index contributed by atoms with van der Waals surface area (Å²) in [5.74, 6) is -1.87. The van der Waals surface area contributed by atoms with Gasteiger partial charge in [0.25, 0.3) is 0 Å². The number of nitrogens with zero attached hydrogens (tertiary/aromatic N) is 3. The van der Waals surface area contributed by atoms with Crippen LogP contribution < -0.4 is 11.1 Å². The van der Waals surface area contributed by atoms with Crippen LogP contribution >= 0.6 is 0 Å². The van der Waals surface area contributed by atoms with Crippen molar-refractivity contribution in [1.82, 2.24) is 9.88 Å². The first kappa shape index (κ1) is 20.0. The van der Waals surface area contributed by atoms with Gasteiger partial charge in [0.1, 0.15) is 0 Å². The molecule has 148 valence electrons. The number of anilines is 1. The van der Waals surface area contributed by atoms with Crippen molar-refractivity contribution in [3.8, 4) is 6.07 Å². The van der Waals surface area contributed by atoms with E-state index in [1.165, 1.54) is 18.5 Å². The van der Waals surface area contributed by atoms with Crippen molar-refractivity contribution >= 4 is 23.4 Å². The summed E-state index contributed by atoms with van der Waals surface area (Å²) in [5, 5.41) is 11.5. The Labute approximate surface area is 168 Å². The summed E-state index contributed by atoms with van der Waals surface area (Å²) in [6.45, 7) is 2.49. The summed E-state index contributed by atoms with van der Waals surface area (Å²) in [4.78, 5) is 42.2. The van der Waals surface area contributed by atoms with Gasteiger partial charge in [0.2, 0.25) is 5.91 Å². The minimum Gasteiger partial charge on any atom is -0.366 e. The van der Waals surface area contributed by atoms with Crippen molar-refractivity contribution < 1.29 is 14.4 Å². The number of hydrogen-bond donors (Lipinski definition) is 2. The number of rotatable bonds is 3. The molecule has 0 bridgehead atoms. The number of nitriles is 1. The van der Waals surface area contributed by atoms with Crippen LogP contribution in [0.5, 0.6) is 0 Å². The van der Waals surface area contributed by atoms with Gasteiger partial charge in [-0.2, -0.15) is 5.26 Å². The first-order valence-electron chi connectivity index (χ1n) is 9.26. The van der Waals surface area contributed by atoms with Crippen molar-refractivity contribution in [2.24, 2.45) is 11.7 Å². The first-order valence-corrected chi connectivity index (χ1v) is 9.26. The van der Waals surface area contributed by atoms with Gasteiger partial charge < -0.3 is 16.0 Å². The van der Waals surface area contributed by atoms with Crippen molar-refractivity contribution in [1.29, 1.82) is 5.26 Å². The quantitative estimate of drug-likeness (QED) is 0.773. The van der Waals surface area contributed by atoms with Gasteiger partial charge in [0.15, 0.2) is 0 Å². The molecule has 1 aliphatic heterocycles. The van der Waals surface area contributed by atoms with Crippen LogP contribution in [-0.2, 0) is 9.59 Å². The lowest BCUT2D eigenvalue weighted by Crippen LogP contribution is -2.46. The van der Waals surface area contributed by atoms with Crippen LogP contribution in [0.4, 0.5) is 5.69 Å². The maximum atomic E-state index is 12.9. The molecule has 2 atom stereocenters. The number of carbonyl (C=O) groups excluding carboxylic acids is 3. The molecule has 3 rings (SSSR count). The van der Waals surface area contributed by atoms with Crippen LogP contribution in [0.1, 0.15) is 47.3 Å². The maximum absolute atomic E-state index is 12.9. The molecule has 0 unspecified atom stereocenters. The first-order chi connectivity index (χ1) is 13.9. The Bertz CT molecular complexity index is 981. The van der Waals surface area contributed by atoms with Crippen molar-refractivity contribution in [3.63, 3.8) is 0 Å². The summed E-state index contributed by atoms with van der Waals surface area (Å²) in [7, 11) is 0. The van der Waals surface area contributed by atoms with E-state index in [1.807, 2.05) is 19.1 Å². The number of hydrogen-bond acceptors (Lipinski definition) is 5. The summed E-state index contributed by atoms with van der Waals surface area (Å²) in [6.07, 6.45) is 4.28. The van der Waals surface area contributed by atoms with Crippen LogP contribution in [0.2, 0.25) is 0 Å². The normalized spacial score (nSPS) is 18.6. The van der Waals surface area contributed by atoms with Gasteiger partial charge in [0, 0.05) is 12.7 Å². The molecular weight excluding hydrogens is 370 g/mol. The van der Waals surface area contributed by atoms with E-state index in [1.54, 1.807) is 17.0 Å². The van der Waals surface area contributed by atoms with E-state index in [-0.39, 0.29) is 23.2 Å². The van der Waals surface area contributed by atoms with Crippen LogP contribution in [-0.4, -0.2) is 34.2 Å². The second kappa shape index (κ2) is 8.52. The predicted octanol–water partition coefficient (Wildman–Crippen LogP) is 1.99. The minimum absolute atomic E-state index is 0.136. The number of piperidine rings is 1. The van der Waals surface area contributed by atoms with Gasteiger partial charge >= 0.3 is 11.8 Å². The molecule has 0 aliphatic carbocycles. The highest BCUT2D eigenvalue weighted by molar-refractivity contribution is 6.39. The zero-order chi connectivity index (χ0) is 21.0. The average Bonchev–Trinajstić information content (AvgIpc) is 2.73. The topological polar surface area (TPSA) is 129 Å². The molecule has 0 saturated carbocycles. The van der Waals surface area contributed by atoms with Gasteiger partial charge in [-0.25, -0.2) is 0 Å². The van der Waals surface area contributed by atoms with Crippen molar-refractivity contribution in [3.05, 3.63) is 59.4 Å². The highest BCUT2D eigenvalue weighted by atomic mass is 16.2. The standard InChI is InChI=1S/C21H21N5O3/c1-13-2-7-18(15-5-3-14(9-22)4-6-15)26(12-13)21(29)20(28)25-17-8-16(19(23)27)10-24-11-17/h3-6,8,10-11,13,18H,2,7,12H2,1H3,(H2,23,27)(H,25,28)/t13-,18+/m0/s1. The molecule has 3 amide bonds. The maximum Gasteiger partial charge on any atom is 0.313 e. The fraction of sp³-hybridized carbons (Fsp3) is 0.286. The van der Waals surface area contributed by atoms with Gasteiger partial charge in [-0.3, -0.25) is 19.4 Å². The molecule has 29 heavy (non-hydrogen) atoms. The monoisotopic (exact) mass is 391 g/mol. The van der Waals surface area contributed by atoms with Gasteiger partial charge in [0.05, 0.1) is 35.1 Å². The molecule has 2 heterocycles. The average molecular weight is 391 g/mol. The fourth-order valence-electron chi connectivity index (χ4n) is 3.46. The summed E-state index contributed by atoms with van der Waals surface area (Å²) >= 11 is 0. The smallest absolute Gasteiger partial charge is 0.313 e. The van der Waals surface area contributed by atoms with E-state index in [2.05, 4.69) is 16.4 Å². The van der Waals surface area contributed by atoms with E-state index >= 15 is 0 Å². The molecular formula is C21H21N5O3. The predicted molar refractivity (Wildman–Crippen MR) is 105 cm³/mol. The Balaban J connectivity index is 1.79.